The molecule has 0 bridgehead atoms. The van der Waals surface area contributed by atoms with Crippen LogP contribution < -0.4 is 5.32 Å². The number of nitrogens with one attached hydrogen (secondary N) is 1. The molecular weight excluding hydrogens is 341 g/mol. The van der Waals surface area contributed by atoms with Crippen LogP contribution >= 0.6 is 0 Å². The number of benzene rings is 2. The Morgan fingerprint density at radius 2 is 1.70 bits per heavy atom. The number of amides is 1. The lowest BCUT2D eigenvalue weighted by Crippen LogP contribution is -2.47. The second kappa shape index (κ2) is 9.62. The second-order valence-corrected chi connectivity index (χ2v) is 6.87. The number of hydrogen-bond donors (Lipinski definition) is 1. The molecule has 0 aromatic heterocycles. The Bertz CT molecular complexity index is 714. The van der Waals surface area contributed by atoms with E-state index in [2.05, 4.69) is 29.3 Å². The lowest BCUT2D eigenvalue weighted by atomic mass is 9.96. The standard InChI is InChI=1S/C22H28FN3O/c1-2-25(15-12-21(27)26-16-13-24-14-17-26)22(18-6-4-3-5-7-18)19-8-10-20(23)11-9-19/h3-11,22,24H,2,12-17H2,1H3. The summed E-state index contributed by atoms with van der Waals surface area (Å²) in [5, 5.41) is 3.28. The molecule has 1 aliphatic heterocycles. The van der Waals surface area contributed by atoms with Gasteiger partial charge < -0.3 is 10.2 Å². The Balaban J connectivity index is 1.76. The fourth-order valence-corrected chi connectivity index (χ4v) is 3.68. The zero-order valence-corrected chi connectivity index (χ0v) is 15.9. The van der Waals surface area contributed by atoms with Crippen molar-refractivity contribution in [1.29, 1.82) is 0 Å². The Morgan fingerprint density at radius 1 is 1.07 bits per heavy atom. The zero-order chi connectivity index (χ0) is 19.1. The Labute approximate surface area is 161 Å². The molecule has 1 aliphatic rings. The molecule has 1 N–H and O–H groups in total. The van der Waals surface area contributed by atoms with E-state index in [0.717, 1.165) is 43.9 Å². The predicted molar refractivity (Wildman–Crippen MR) is 106 cm³/mol. The molecular formula is C22H28FN3O. The van der Waals surface area contributed by atoms with E-state index in [4.69, 9.17) is 0 Å². The maximum atomic E-state index is 13.4. The molecule has 1 fully saturated rings. The van der Waals surface area contributed by atoms with Crippen molar-refractivity contribution in [2.45, 2.75) is 19.4 Å². The van der Waals surface area contributed by atoms with Gasteiger partial charge in [-0.15, -0.1) is 0 Å². The molecule has 2 aromatic rings. The number of carbonyl (C=O) groups excluding carboxylic acids is 1. The fraction of sp³-hybridized carbons (Fsp3) is 0.409. The highest BCUT2D eigenvalue weighted by atomic mass is 19.1. The number of hydrogen-bond acceptors (Lipinski definition) is 3. The van der Waals surface area contributed by atoms with Crippen molar-refractivity contribution in [2.75, 3.05) is 39.3 Å². The van der Waals surface area contributed by atoms with Gasteiger partial charge in [0.15, 0.2) is 0 Å². The van der Waals surface area contributed by atoms with Crippen LogP contribution in [0.2, 0.25) is 0 Å². The van der Waals surface area contributed by atoms with Gasteiger partial charge in [-0.3, -0.25) is 9.69 Å². The first-order chi connectivity index (χ1) is 13.2. The van der Waals surface area contributed by atoms with Gasteiger partial charge in [-0.05, 0) is 29.8 Å². The van der Waals surface area contributed by atoms with Gasteiger partial charge >= 0.3 is 0 Å². The highest BCUT2D eigenvalue weighted by molar-refractivity contribution is 5.76. The van der Waals surface area contributed by atoms with Gasteiger partial charge in [0.2, 0.25) is 5.91 Å². The summed E-state index contributed by atoms with van der Waals surface area (Å²) >= 11 is 0. The summed E-state index contributed by atoms with van der Waals surface area (Å²) < 4.78 is 13.4. The molecule has 1 atom stereocenters. The summed E-state index contributed by atoms with van der Waals surface area (Å²) in [6, 6.07) is 16.9. The molecule has 1 saturated heterocycles. The number of nitrogens with zero attached hydrogens (tertiary/aromatic N) is 2. The van der Waals surface area contributed by atoms with Crippen LogP contribution in [0.5, 0.6) is 0 Å². The van der Waals surface area contributed by atoms with Crippen molar-refractivity contribution in [3.63, 3.8) is 0 Å². The van der Waals surface area contributed by atoms with Gasteiger partial charge in [0.1, 0.15) is 5.82 Å². The van der Waals surface area contributed by atoms with E-state index in [-0.39, 0.29) is 17.8 Å². The van der Waals surface area contributed by atoms with E-state index in [1.165, 1.54) is 12.1 Å². The predicted octanol–water partition coefficient (Wildman–Crippen LogP) is 3.06. The number of carbonyl (C=O) groups is 1. The van der Waals surface area contributed by atoms with Crippen LogP contribution in [0, 0.1) is 5.82 Å². The molecule has 0 spiro atoms. The van der Waals surface area contributed by atoms with E-state index < -0.39 is 0 Å². The summed E-state index contributed by atoms with van der Waals surface area (Å²) in [7, 11) is 0. The number of halogens is 1. The summed E-state index contributed by atoms with van der Waals surface area (Å²) in [5.41, 5.74) is 2.19. The quantitative estimate of drug-likeness (QED) is 0.815. The van der Waals surface area contributed by atoms with E-state index in [1.807, 2.05) is 35.2 Å². The fourth-order valence-electron chi connectivity index (χ4n) is 3.68. The smallest absolute Gasteiger partial charge is 0.223 e. The van der Waals surface area contributed by atoms with Crippen LogP contribution in [0.15, 0.2) is 54.6 Å². The summed E-state index contributed by atoms with van der Waals surface area (Å²) in [6.45, 7) is 6.89. The van der Waals surface area contributed by atoms with Gasteiger partial charge in [-0.2, -0.15) is 0 Å². The minimum absolute atomic E-state index is 0.00706. The molecule has 1 unspecified atom stereocenters. The van der Waals surface area contributed by atoms with Crippen LogP contribution in [0.25, 0.3) is 0 Å². The lowest BCUT2D eigenvalue weighted by molar-refractivity contribution is -0.132. The first-order valence-electron chi connectivity index (χ1n) is 9.72. The van der Waals surface area contributed by atoms with E-state index in [0.29, 0.717) is 13.0 Å². The molecule has 1 heterocycles. The highest BCUT2D eigenvalue weighted by Crippen LogP contribution is 2.29. The molecule has 27 heavy (non-hydrogen) atoms. The van der Waals surface area contributed by atoms with Crippen LogP contribution in [0.3, 0.4) is 0 Å². The molecule has 3 rings (SSSR count). The summed E-state index contributed by atoms with van der Waals surface area (Å²) in [5.74, 6) is -0.0247. The normalized spacial score (nSPS) is 15.7. The third-order valence-electron chi connectivity index (χ3n) is 5.15. The van der Waals surface area contributed by atoms with Gasteiger partial charge in [-0.25, -0.2) is 4.39 Å². The molecule has 0 aliphatic carbocycles. The monoisotopic (exact) mass is 369 g/mol. The molecule has 2 aromatic carbocycles. The van der Waals surface area contributed by atoms with Crippen molar-refractivity contribution in [2.24, 2.45) is 0 Å². The van der Waals surface area contributed by atoms with Crippen LogP contribution in [-0.2, 0) is 4.79 Å². The summed E-state index contributed by atoms with van der Waals surface area (Å²) in [6.07, 6.45) is 0.498. The maximum Gasteiger partial charge on any atom is 0.223 e. The minimum atomic E-state index is -0.234. The van der Waals surface area contributed by atoms with Crippen molar-refractivity contribution in [3.05, 3.63) is 71.5 Å². The van der Waals surface area contributed by atoms with Crippen LogP contribution in [0.4, 0.5) is 4.39 Å². The van der Waals surface area contributed by atoms with Crippen LogP contribution in [0.1, 0.15) is 30.5 Å². The molecule has 0 saturated carbocycles. The maximum absolute atomic E-state index is 13.4. The van der Waals surface area contributed by atoms with Crippen molar-refractivity contribution < 1.29 is 9.18 Å². The Kier molecular flexibility index (Phi) is 6.96. The molecule has 4 nitrogen and oxygen atoms in total. The second-order valence-electron chi connectivity index (χ2n) is 6.87. The first kappa shape index (κ1) is 19.5. The Morgan fingerprint density at radius 3 is 2.33 bits per heavy atom. The molecule has 5 heteroatoms. The largest absolute Gasteiger partial charge is 0.340 e. The average molecular weight is 369 g/mol. The zero-order valence-electron chi connectivity index (χ0n) is 15.9. The van der Waals surface area contributed by atoms with E-state index >= 15 is 0 Å². The van der Waals surface area contributed by atoms with Gasteiger partial charge in [0.25, 0.3) is 0 Å². The third-order valence-corrected chi connectivity index (χ3v) is 5.15. The first-order valence-corrected chi connectivity index (χ1v) is 9.72. The SMILES string of the molecule is CCN(CCC(=O)N1CCNCC1)C(c1ccccc1)c1ccc(F)cc1. The van der Waals surface area contributed by atoms with Gasteiger partial charge in [0, 0.05) is 39.1 Å². The lowest BCUT2D eigenvalue weighted by Gasteiger charge is -2.33. The number of piperazine rings is 1. The van der Waals surface area contributed by atoms with Crippen LogP contribution in [-0.4, -0.2) is 55.0 Å². The van der Waals surface area contributed by atoms with E-state index in [9.17, 15) is 9.18 Å². The highest BCUT2D eigenvalue weighted by Gasteiger charge is 2.23. The molecule has 0 radical (unpaired) electrons. The molecule has 144 valence electrons. The van der Waals surface area contributed by atoms with Gasteiger partial charge in [0.05, 0.1) is 6.04 Å². The number of rotatable bonds is 7. The minimum Gasteiger partial charge on any atom is -0.340 e. The van der Waals surface area contributed by atoms with Crippen molar-refractivity contribution >= 4 is 5.91 Å². The van der Waals surface area contributed by atoms with Crippen molar-refractivity contribution in [1.82, 2.24) is 15.1 Å². The Hall–Kier alpha value is -2.24. The molecule has 1 amide bonds. The third kappa shape index (κ3) is 5.15. The van der Waals surface area contributed by atoms with Crippen molar-refractivity contribution in [3.8, 4) is 0 Å². The average Bonchev–Trinajstić information content (AvgIpc) is 2.73. The van der Waals surface area contributed by atoms with Gasteiger partial charge in [-0.1, -0.05) is 49.4 Å². The van der Waals surface area contributed by atoms with E-state index in [1.54, 1.807) is 0 Å². The summed E-state index contributed by atoms with van der Waals surface area (Å²) in [4.78, 5) is 16.8. The topological polar surface area (TPSA) is 35.6 Å².